The number of nitrogens with zero attached hydrogens (tertiary/aromatic N) is 2. The lowest BCUT2D eigenvalue weighted by molar-refractivity contribution is 0.203. The molecule has 24 heavy (non-hydrogen) atoms. The van der Waals surface area contributed by atoms with Crippen molar-refractivity contribution in [2.45, 2.75) is 20.4 Å². The van der Waals surface area contributed by atoms with Crippen molar-refractivity contribution in [1.29, 1.82) is 0 Å². The van der Waals surface area contributed by atoms with Gasteiger partial charge in [-0.25, -0.2) is 9.98 Å². The molecule has 0 bridgehead atoms. The Hall–Kier alpha value is -1.61. The third-order valence-electron chi connectivity index (χ3n) is 3.20. The summed E-state index contributed by atoms with van der Waals surface area (Å²) < 4.78 is 10.8. The van der Waals surface area contributed by atoms with Crippen LogP contribution < -0.4 is 10.6 Å². The molecule has 2 N–H and O–H groups in total. The molecule has 0 spiro atoms. The summed E-state index contributed by atoms with van der Waals surface area (Å²) in [4.78, 5) is 8.75. The van der Waals surface area contributed by atoms with Crippen LogP contribution in [0.15, 0.2) is 39.9 Å². The lowest BCUT2D eigenvalue weighted by Gasteiger charge is -2.09. The number of aryl methyl sites for hydroxylation is 1. The van der Waals surface area contributed by atoms with Gasteiger partial charge in [0.2, 0.25) is 5.89 Å². The average Bonchev–Trinajstić information content (AvgIpc) is 3.02. The van der Waals surface area contributed by atoms with Gasteiger partial charge in [-0.15, -0.1) is 24.0 Å². The van der Waals surface area contributed by atoms with E-state index in [9.17, 15) is 0 Å². The molecule has 0 unspecified atom stereocenters. The van der Waals surface area contributed by atoms with E-state index in [2.05, 4.69) is 39.7 Å². The van der Waals surface area contributed by atoms with Crippen LogP contribution in [0.25, 0.3) is 11.3 Å². The van der Waals surface area contributed by atoms with Gasteiger partial charge < -0.3 is 19.8 Å². The number of methoxy groups -OCH3 is 1. The minimum Gasteiger partial charge on any atom is -0.439 e. The van der Waals surface area contributed by atoms with Crippen LogP contribution in [0.2, 0.25) is 0 Å². The number of ether oxygens (including phenoxy) is 1. The summed E-state index contributed by atoms with van der Waals surface area (Å²) in [6.07, 6.45) is 1.74. The molecule has 0 saturated carbocycles. The molecule has 0 saturated heterocycles. The number of aromatic nitrogens is 1. The molecule has 0 fully saturated rings. The van der Waals surface area contributed by atoms with Crippen molar-refractivity contribution in [1.82, 2.24) is 15.6 Å². The molecule has 1 aromatic heterocycles. The highest BCUT2D eigenvalue weighted by atomic mass is 127. The number of halogens is 1. The lowest BCUT2D eigenvalue weighted by atomic mass is 10.1. The normalized spacial score (nSPS) is 11.0. The number of benzene rings is 1. The summed E-state index contributed by atoms with van der Waals surface area (Å²) >= 11 is 0. The highest BCUT2D eigenvalue weighted by molar-refractivity contribution is 14.0. The Bertz CT molecular complexity index is 626. The molecule has 0 radical (unpaired) electrons. The van der Waals surface area contributed by atoms with Gasteiger partial charge in [-0.1, -0.05) is 29.8 Å². The lowest BCUT2D eigenvalue weighted by Crippen LogP contribution is -2.38. The van der Waals surface area contributed by atoms with Crippen LogP contribution in [-0.4, -0.2) is 37.7 Å². The minimum atomic E-state index is 0. The van der Waals surface area contributed by atoms with Crippen LogP contribution in [0.3, 0.4) is 0 Å². The molecule has 132 valence electrons. The van der Waals surface area contributed by atoms with Crippen molar-refractivity contribution in [3.05, 3.63) is 41.9 Å². The standard InChI is InChI=1S/C17H24N4O2.HI/c1-4-18-17(19-9-10-22-3)21-12-16-20-11-15(23-16)14-7-5-13(2)6-8-14;/h5-8,11H,4,9-10,12H2,1-3H3,(H2,18,19,21);1H. The van der Waals surface area contributed by atoms with Crippen molar-refractivity contribution in [3.8, 4) is 11.3 Å². The maximum Gasteiger partial charge on any atom is 0.216 e. The Balaban J connectivity index is 0.00000288. The van der Waals surface area contributed by atoms with Crippen LogP contribution in [0, 0.1) is 6.92 Å². The Kier molecular flexibility index (Phi) is 9.39. The summed E-state index contributed by atoms with van der Waals surface area (Å²) in [6.45, 7) is 6.58. The largest absolute Gasteiger partial charge is 0.439 e. The third-order valence-corrected chi connectivity index (χ3v) is 3.20. The van der Waals surface area contributed by atoms with Crippen molar-refractivity contribution < 1.29 is 9.15 Å². The van der Waals surface area contributed by atoms with Gasteiger partial charge in [0.1, 0.15) is 6.54 Å². The molecule has 0 atom stereocenters. The Morgan fingerprint density at radius 3 is 2.67 bits per heavy atom. The fourth-order valence-corrected chi connectivity index (χ4v) is 1.99. The van der Waals surface area contributed by atoms with Crippen molar-refractivity contribution >= 4 is 29.9 Å². The van der Waals surface area contributed by atoms with Gasteiger partial charge in [0.05, 0.1) is 12.8 Å². The van der Waals surface area contributed by atoms with Gasteiger partial charge in [0.25, 0.3) is 0 Å². The zero-order chi connectivity index (χ0) is 16.5. The SMILES string of the molecule is CCNC(=NCc1ncc(-c2ccc(C)cc2)o1)NCCOC.I. The van der Waals surface area contributed by atoms with Gasteiger partial charge in [0, 0.05) is 25.8 Å². The molecule has 2 rings (SSSR count). The second-order valence-corrected chi connectivity index (χ2v) is 5.10. The predicted molar refractivity (Wildman–Crippen MR) is 107 cm³/mol. The Morgan fingerprint density at radius 1 is 1.25 bits per heavy atom. The first kappa shape index (κ1) is 20.4. The van der Waals surface area contributed by atoms with E-state index in [1.165, 1.54) is 5.56 Å². The van der Waals surface area contributed by atoms with E-state index in [0.29, 0.717) is 25.6 Å². The zero-order valence-electron chi connectivity index (χ0n) is 14.3. The summed E-state index contributed by atoms with van der Waals surface area (Å²) in [5.74, 6) is 2.07. The fourth-order valence-electron chi connectivity index (χ4n) is 1.99. The number of hydrogen-bond donors (Lipinski definition) is 2. The van der Waals surface area contributed by atoms with E-state index in [4.69, 9.17) is 9.15 Å². The van der Waals surface area contributed by atoms with E-state index < -0.39 is 0 Å². The summed E-state index contributed by atoms with van der Waals surface area (Å²) in [7, 11) is 1.67. The first-order chi connectivity index (χ1) is 11.2. The van der Waals surface area contributed by atoms with E-state index in [1.807, 2.05) is 19.1 Å². The predicted octanol–water partition coefficient (Wildman–Crippen LogP) is 2.97. The Morgan fingerprint density at radius 2 is 2.00 bits per heavy atom. The van der Waals surface area contributed by atoms with E-state index in [1.54, 1.807) is 13.3 Å². The second-order valence-electron chi connectivity index (χ2n) is 5.10. The van der Waals surface area contributed by atoms with Gasteiger partial charge in [-0.2, -0.15) is 0 Å². The van der Waals surface area contributed by atoms with Crippen LogP contribution in [0.4, 0.5) is 0 Å². The number of hydrogen-bond acceptors (Lipinski definition) is 4. The van der Waals surface area contributed by atoms with Gasteiger partial charge in [-0.3, -0.25) is 0 Å². The van der Waals surface area contributed by atoms with Gasteiger partial charge in [-0.05, 0) is 13.8 Å². The number of oxazole rings is 1. The highest BCUT2D eigenvalue weighted by Gasteiger charge is 2.06. The Labute approximate surface area is 160 Å². The quantitative estimate of drug-likeness (QED) is 0.298. The van der Waals surface area contributed by atoms with Gasteiger partial charge in [0.15, 0.2) is 11.7 Å². The molecule has 0 aliphatic rings. The molecule has 6 nitrogen and oxygen atoms in total. The molecular formula is C17H25IN4O2. The number of guanidine groups is 1. The number of rotatable bonds is 7. The van der Waals surface area contributed by atoms with Crippen LogP contribution >= 0.6 is 24.0 Å². The fraction of sp³-hybridized carbons (Fsp3) is 0.412. The van der Waals surface area contributed by atoms with Crippen molar-refractivity contribution in [2.75, 3.05) is 26.8 Å². The number of aliphatic imine (C=N–C) groups is 1. The molecule has 0 amide bonds. The first-order valence-corrected chi connectivity index (χ1v) is 7.75. The molecule has 1 heterocycles. The summed E-state index contributed by atoms with van der Waals surface area (Å²) in [5, 5.41) is 6.35. The maximum absolute atomic E-state index is 5.77. The molecule has 1 aromatic carbocycles. The third kappa shape index (κ3) is 6.48. The van der Waals surface area contributed by atoms with Crippen LogP contribution in [0.1, 0.15) is 18.4 Å². The topological polar surface area (TPSA) is 71.7 Å². The van der Waals surface area contributed by atoms with Crippen LogP contribution in [-0.2, 0) is 11.3 Å². The maximum atomic E-state index is 5.77. The smallest absolute Gasteiger partial charge is 0.216 e. The summed E-state index contributed by atoms with van der Waals surface area (Å²) in [5.41, 5.74) is 2.24. The molecule has 0 aliphatic carbocycles. The minimum absolute atomic E-state index is 0. The number of nitrogens with one attached hydrogen (secondary N) is 2. The van der Waals surface area contributed by atoms with E-state index >= 15 is 0 Å². The van der Waals surface area contributed by atoms with Crippen molar-refractivity contribution in [2.24, 2.45) is 4.99 Å². The monoisotopic (exact) mass is 444 g/mol. The van der Waals surface area contributed by atoms with Crippen LogP contribution in [0.5, 0.6) is 0 Å². The highest BCUT2D eigenvalue weighted by Crippen LogP contribution is 2.20. The molecule has 7 heteroatoms. The average molecular weight is 444 g/mol. The van der Waals surface area contributed by atoms with E-state index in [0.717, 1.165) is 23.8 Å². The molecule has 0 aliphatic heterocycles. The van der Waals surface area contributed by atoms with E-state index in [-0.39, 0.29) is 24.0 Å². The van der Waals surface area contributed by atoms with Gasteiger partial charge >= 0.3 is 0 Å². The molecule has 2 aromatic rings. The first-order valence-electron chi connectivity index (χ1n) is 7.75. The van der Waals surface area contributed by atoms with Crippen molar-refractivity contribution in [3.63, 3.8) is 0 Å². The second kappa shape index (κ2) is 11.0. The zero-order valence-corrected chi connectivity index (χ0v) is 16.7. The molecular weight excluding hydrogens is 419 g/mol. The summed E-state index contributed by atoms with van der Waals surface area (Å²) in [6, 6.07) is 8.16.